The Balaban J connectivity index is 1.18. The Bertz CT molecular complexity index is 1200. The van der Waals surface area contributed by atoms with Crippen molar-refractivity contribution in [2.24, 2.45) is 5.92 Å². The lowest BCUT2D eigenvalue weighted by atomic mass is 10.1. The maximum Gasteiger partial charge on any atom is 0.242 e. The van der Waals surface area contributed by atoms with E-state index in [4.69, 9.17) is 0 Å². The van der Waals surface area contributed by atoms with Crippen molar-refractivity contribution < 1.29 is 14.0 Å². The summed E-state index contributed by atoms with van der Waals surface area (Å²) in [6.07, 6.45) is 3.39. The zero-order chi connectivity index (χ0) is 25.6. The number of nitrogens with zero attached hydrogens (tertiary/aromatic N) is 5. The lowest BCUT2D eigenvalue weighted by Crippen LogP contribution is -2.45. The fraction of sp³-hybridized carbons (Fsp3) is 0.379. The topological polar surface area (TPSA) is 69.6 Å². The number of hydrogen-bond donors (Lipinski definition) is 0. The molecule has 2 aromatic carbocycles. The first-order chi connectivity index (χ1) is 18.0. The smallest absolute Gasteiger partial charge is 0.242 e. The minimum atomic E-state index is -0.284. The van der Waals surface area contributed by atoms with Gasteiger partial charge in [0.25, 0.3) is 0 Å². The van der Waals surface area contributed by atoms with E-state index in [0.717, 1.165) is 42.8 Å². The predicted molar refractivity (Wildman–Crippen MR) is 140 cm³/mol. The van der Waals surface area contributed by atoms with Gasteiger partial charge in [0.15, 0.2) is 5.82 Å². The summed E-state index contributed by atoms with van der Waals surface area (Å²) < 4.78 is 13.2. The van der Waals surface area contributed by atoms with Crippen molar-refractivity contribution in [3.05, 3.63) is 78.1 Å². The largest absolute Gasteiger partial charge is 0.353 e. The standard InChI is InChI=1S/C29H32FN5O2/c30-25-11-9-24(10-12-25)26-13-14-27(32-31-26)33-15-4-16-34(18-17-33)29(37)21-35(20-23-7-8-23)28(36)19-22-5-2-1-3-6-22/h1-3,5-6,9-14,23H,4,7-8,15-21H2. The van der Waals surface area contributed by atoms with Crippen molar-refractivity contribution in [3.63, 3.8) is 0 Å². The van der Waals surface area contributed by atoms with E-state index in [0.29, 0.717) is 44.2 Å². The van der Waals surface area contributed by atoms with Gasteiger partial charge in [-0.15, -0.1) is 10.2 Å². The van der Waals surface area contributed by atoms with Gasteiger partial charge in [-0.2, -0.15) is 0 Å². The number of aromatic nitrogens is 2. The van der Waals surface area contributed by atoms with Gasteiger partial charge in [0, 0.05) is 38.3 Å². The van der Waals surface area contributed by atoms with Gasteiger partial charge in [0.1, 0.15) is 5.82 Å². The van der Waals surface area contributed by atoms with E-state index in [1.54, 1.807) is 17.0 Å². The van der Waals surface area contributed by atoms with Crippen LogP contribution < -0.4 is 4.90 Å². The van der Waals surface area contributed by atoms with Crippen LogP contribution in [0, 0.1) is 11.7 Å². The molecule has 2 heterocycles. The molecule has 0 atom stereocenters. The second-order valence-corrected chi connectivity index (χ2v) is 9.89. The van der Waals surface area contributed by atoms with E-state index in [1.807, 2.05) is 47.4 Å². The lowest BCUT2D eigenvalue weighted by molar-refractivity contribution is -0.140. The van der Waals surface area contributed by atoms with E-state index in [1.165, 1.54) is 12.1 Å². The Morgan fingerprint density at radius 3 is 2.38 bits per heavy atom. The third-order valence-corrected chi connectivity index (χ3v) is 7.02. The van der Waals surface area contributed by atoms with Crippen LogP contribution in [-0.2, 0) is 16.0 Å². The average molecular weight is 502 g/mol. The molecule has 1 saturated heterocycles. The van der Waals surface area contributed by atoms with E-state index < -0.39 is 0 Å². The fourth-order valence-electron chi connectivity index (χ4n) is 4.68. The highest BCUT2D eigenvalue weighted by Gasteiger charge is 2.29. The lowest BCUT2D eigenvalue weighted by Gasteiger charge is -2.27. The molecule has 0 unspecified atom stereocenters. The highest BCUT2D eigenvalue weighted by molar-refractivity contribution is 5.86. The third kappa shape index (κ3) is 6.70. The van der Waals surface area contributed by atoms with Gasteiger partial charge in [-0.1, -0.05) is 30.3 Å². The Kier molecular flexibility index (Phi) is 7.73. The molecule has 7 nitrogen and oxygen atoms in total. The maximum atomic E-state index is 13.2. The number of hydrogen-bond acceptors (Lipinski definition) is 5. The number of halogens is 1. The molecule has 0 bridgehead atoms. The number of carbonyl (C=O) groups is 2. The molecule has 1 aromatic heterocycles. The van der Waals surface area contributed by atoms with Gasteiger partial charge in [-0.05, 0) is 67.1 Å². The molecule has 1 aliphatic carbocycles. The van der Waals surface area contributed by atoms with Crippen LogP contribution in [0.15, 0.2) is 66.7 Å². The van der Waals surface area contributed by atoms with Gasteiger partial charge in [0.2, 0.25) is 11.8 Å². The minimum absolute atomic E-state index is 0.00153. The molecular formula is C29H32FN5O2. The van der Waals surface area contributed by atoms with Crippen molar-refractivity contribution in [1.29, 1.82) is 0 Å². The molecule has 0 N–H and O–H groups in total. The average Bonchev–Trinajstić information content (AvgIpc) is 3.76. The summed E-state index contributed by atoms with van der Waals surface area (Å²) in [5.74, 6) is 1.01. The van der Waals surface area contributed by atoms with Crippen LogP contribution in [-0.4, -0.2) is 71.1 Å². The molecule has 8 heteroatoms. The normalized spacial score (nSPS) is 15.8. The summed E-state index contributed by atoms with van der Waals surface area (Å²) in [5.41, 5.74) is 2.47. The first-order valence-electron chi connectivity index (χ1n) is 13.0. The van der Waals surface area contributed by atoms with Crippen LogP contribution >= 0.6 is 0 Å². The molecule has 1 saturated carbocycles. The number of rotatable bonds is 8. The molecule has 1 aliphatic heterocycles. The number of amides is 2. The number of benzene rings is 2. The van der Waals surface area contributed by atoms with Crippen molar-refractivity contribution >= 4 is 17.6 Å². The summed E-state index contributed by atoms with van der Waals surface area (Å²) in [5, 5.41) is 8.72. The first kappa shape index (κ1) is 24.9. The first-order valence-corrected chi connectivity index (χ1v) is 13.0. The molecule has 2 fully saturated rings. The van der Waals surface area contributed by atoms with Crippen LogP contribution in [0.5, 0.6) is 0 Å². The minimum Gasteiger partial charge on any atom is -0.353 e. The molecule has 0 spiro atoms. The van der Waals surface area contributed by atoms with Crippen molar-refractivity contribution in [1.82, 2.24) is 20.0 Å². The SMILES string of the molecule is O=C(CN(CC1CC1)C(=O)Cc1ccccc1)N1CCCN(c2ccc(-c3ccc(F)cc3)nn2)CC1. The van der Waals surface area contributed by atoms with E-state index in [-0.39, 0.29) is 24.2 Å². The summed E-state index contributed by atoms with van der Waals surface area (Å²) in [6.45, 7) is 3.44. The van der Waals surface area contributed by atoms with E-state index >= 15 is 0 Å². The van der Waals surface area contributed by atoms with Crippen LogP contribution in [0.2, 0.25) is 0 Å². The van der Waals surface area contributed by atoms with Crippen LogP contribution in [0.25, 0.3) is 11.3 Å². The maximum absolute atomic E-state index is 13.2. The highest BCUT2D eigenvalue weighted by atomic mass is 19.1. The van der Waals surface area contributed by atoms with Crippen LogP contribution in [0.4, 0.5) is 10.2 Å². The van der Waals surface area contributed by atoms with E-state index in [9.17, 15) is 14.0 Å². The second-order valence-electron chi connectivity index (χ2n) is 9.89. The molecule has 192 valence electrons. The van der Waals surface area contributed by atoms with Gasteiger partial charge in [-0.3, -0.25) is 9.59 Å². The molecule has 0 radical (unpaired) electrons. The molecule has 2 aliphatic rings. The Morgan fingerprint density at radius 2 is 1.68 bits per heavy atom. The summed E-state index contributed by atoms with van der Waals surface area (Å²) in [6, 6.07) is 19.7. The van der Waals surface area contributed by atoms with Gasteiger partial charge >= 0.3 is 0 Å². The second kappa shape index (κ2) is 11.5. The third-order valence-electron chi connectivity index (χ3n) is 7.02. The number of carbonyl (C=O) groups excluding carboxylic acids is 2. The van der Waals surface area contributed by atoms with Crippen molar-refractivity contribution in [2.75, 3.05) is 44.2 Å². The van der Waals surface area contributed by atoms with E-state index in [2.05, 4.69) is 15.1 Å². The molecular weight excluding hydrogens is 469 g/mol. The summed E-state index contributed by atoms with van der Waals surface area (Å²) in [7, 11) is 0. The van der Waals surface area contributed by atoms with Crippen molar-refractivity contribution in [3.8, 4) is 11.3 Å². The Labute approximate surface area is 216 Å². The molecule has 37 heavy (non-hydrogen) atoms. The molecule has 2 amide bonds. The zero-order valence-corrected chi connectivity index (χ0v) is 20.9. The summed E-state index contributed by atoms with van der Waals surface area (Å²) >= 11 is 0. The monoisotopic (exact) mass is 501 g/mol. The van der Waals surface area contributed by atoms with Gasteiger partial charge in [0.05, 0.1) is 18.7 Å². The predicted octanol–water partition coefficient (Wildman–Crippen LogP) is 3.80. The van der Waals surface area contributed by atoms with Crippen molar-refractivity contribution in [2.45, 2.75) is 25.7 Å². The van der Waals surface area contributed by atoms with Crippen LogP contribution in [0.3, 0.4) is 0 Å². The number of anilines is 1. The zero-order valence-electron chi connectivity index (χ0n) is 20.9. The fourth-order valence-corrected chi connectivity index (χ4v) is 4.68. The van der Waals surface area contributed by atoms with Crippen LogP contribution in [0.1, 0.15) is 24.8 Å². The molecule has 3 aromatic rings. The molecule has 5 rings (SSSR count). The highest BCUT2D eigenvalue weighted by Crippen LogP contribution is 2.30. The Morgan fingerprint density at radius 1 is 0.892 bits per heavy atom. The van der Waals surface area contributed by atoms with Gasteiger partial charge < -0.3 is 14.7 Å². The Hall–Kier alpha value is -3.81. The van der Waals surface area contributed by atoms with Gasteiger partial charge in [-0.25, -0.2) is 4.39 Å². The summed E-state index contributed by atoms with van der Waals surface area (Å²) in [4.78, 5) is 32.1. The quantitative estimate of drug-likeness (QED) is 0.470.